The molecule has 0 spiro atoms. The topological polar surface area (TPSA) is 92.8 Å². The summed E-state index contributed by atoms with van der Waals surface area (Å²) < 4.78 is 5.19. The minimum Gasteiger partial charge on any atom is -0.452 e. The van der Waals surface area contributed by atoms with Crippen LogP contribution in [-0.2, 0) is 19.1 Å². The van der Waals surface area contributed by atoms with Gasteiger partial charge in [0.1, 0.15) is 0 Å². The van der Waals surface area contributed by atoms with Crippen LogP contribution >= 0.6 is 0 Å². The number of esters is 1. The SMILES string of the molecule is Cc1cccc(NC(=O)COC(=O)c2ccc(N3C(=O)[C@@H]4[C@@H]5C[C@@H]([C@@H]4C3=O)[C@H](c3ccccc3)C5)cc2)c1C. The van der Waals surface area contributed by atoms with E-state index in [0.717, 1.165) is 24.0 Å². The molecule has 0 unspecified atom stereocenters. The van der Waals surface area contributed by atoms with Gasteiger partial charge in [-0.05, 0) is 91.5 Å². The molecule has 198 valence electrons. The maximum Gasteiger partial charge on any atom is 0.338 e. The first kappa shape index (κ1) is 25.0. The Kier molecular flexibility index (Phi) is 6.29. The molecule has 3 aromatic rings. The highest BCUT2D eigenvalue weighted by Crippen LogP contribution is 2.61. The summed E-state index contributed by atoms with van der Waals surface area (Å²) >= 11 is 0. The molecule has 2 aliphatic carbocycles. The van der Waals surface area contributed by atoms with Crippen molar-refractivity contribution >= 4 is 35.1 Å². The van der Waals surface area contributed by atoms with Crippen LogP contribution in [0.15, 0.2) is 72.8 Å². The second kappa shape index (κ2) is 9.80. The molecule has 1 N–H and O–H groups in total. The lowest BCUT2D eigenvalue weighted by Gasteiger charge is -2.28. The van der Waals surface area contributed by atoms with Gasteiger partial charge in [-0.15, -0.1) is 0 Å². The standard InChI is InChI=1S/C32H30N2O5/c1-18-7-6-10-26(19(18)2)33-27(35)17-39-32(38)21-11-13-23(14-12-21)34-30(36)28-22-15-24(20-8-4-3-5-9-20)25(16-22)29(28)31(34)37/h3-14,22,24-25,28-29H,15-17H2,1-2H3,(H,33,35)/t22-,24-,25+,28+,29-/m0/s1. The second-order valence-corrected chi connectivity index (χ2v) is 10.9. The summed E-state index contributed by atoms with van der Waals surface area (Å²) in [4.78, 5) is 53.1. The average molecular weight is 523 g/mol. The zero-order chi connectivity index (χ0) is 27.3. The van der Waals surface area contributed by atoms with E-state index in [1.807, 2.05) is 44.2 Å². The van der Waals surface area contributed by atoms with Gasteiger partial charge < -0.3 is 10.1 Å². The molecule has 1 heterocycles. The van der Waals surface area contributed by atoms with Gasteiger partial charge in [-0.25, -0.2) is 4.79 Å². The normalized spacial score (nSPS) is 25.1. The van der Waals surface area contributed by atoms with E-state index >= 15 is 0 Å². The lowest BCUT2D eigenvalue weighted by molar-refractivity contribution is -0.123. The van der Waals surface area contributed by atoms with Gasteiger partial charge in [-0.3, -0.25) is 19.3 Å². The van der Waals surface area contributed by atoms with Crippen molar-refractivity contribution in [1.82, 2.24) is 0 Å². The van der Waals surface area contributed by atoms with E-state index in [4.69, 9.17) is 4.74 Å². The van der Waals surface area contributed by atoms with Gasteiger partial charge in [0.25, 0.3) is 5.91 Å². The summed E-state index contributed by atoms with van der Waals surface area (Å²) in [6.07, 6.45) is 1.85. The smallest absolute Gasteiger partial charge is 0.338 e. The molecule has 1 saturated heterocycles. The number of carbonyl (C=O) groups is 4. The zero-order valence-corrected chi connectivity index (χ0v) is 21.9. The molecule has 7 nitrogen and oxygen atoms in total. The van der Waals surface area contributed by atoms with Crippen molar-refractivity contribution < 1.29 is 23.9 Å². The van der Waals surface area contributed by atoms with Crippen molar-refractivity contribution in [3.8, 4) is 0 Å². The fourth-order valence-corrected chi connectivity index (χ4v) is 6.83. The van der Waals surface area contributed by atoms with Gasteiger partial charge in [0, 0.05) is 5.69 Å². The summed E-state index contributed by atoms with van der Waals surface area (Å²) in [5.74, 6) is -1.22. The van der Waals surface area contributed by atoms with Crippen LogP contribution in [0.25, 0.3) is 0 Å². The fraction of sp³-hybridized carbons (Fsp3) is 0.312. The van der Waals surface area contributed by atoms with Crippen molar-refractivity contribution in [3.63, 3.8) is 0 Å². The van der Waals surface area contributed by atoms with E-state index in [0.29, 0.717) is 17.3 Å². The van der Waals surface area contributed by atoms with E-state index in [-0.39, 0.29) is 41.0 Å². The van der Waals surface area contributed by atoms with Gasteiger partial charge in [0.15, 0.2) is 6.61 Å². The van der Waals surface area contributed by atoms with Crippen molar-refractivity contribution in [2.75, 3.05) is 16.8 Å². The number of anilines is 2. The van der Waals surface area contributed by atoms with Crippen LogP contribution in [0.5, 0.6) is 0 Å². The van der Waals surface area contributed by atoms with Gasteiger partial charge in [0.2, 0.25) is 11.8 Å². The molecule has 6 rings (SSSR count). The monoisotopic (exact) mass is 522 g/mol. The van der Waals surface area contributed by atoms with E-state index in [1.54, 1.807) is 18.2 Å². The van der Waals surface area contributed by atoms with Crippen molar-refractivity contribution in [3.05, 3.63) is 95.1 Å². The Labute approximate surface area is 227 Å². The number of benzene rings is 3. The van der Waals surface area contributed by atoms with Crippen molar-refractivity contribution in [1.29, 1.82) is 0 Å². The Hall–Kier alpha value is -4.26. The Balaban J connectivity index is 1.10. The van der Waals surface area contributed by atoms with Gasteiger partial charge in [0.05, 0.1) is 23.1 Å². The Bertz CT molecular complexity index is 1470. The van der Waals surface area contributed by atoms with Gasteiger partial charge in [-0.1, -0.05) is 42.5 Å². The number of fused-ring (bicyclic) bond motifs is 5. The number of imide groups is 1. The Morgan fingerprint density at radius 3 is 2.33 bits per heavy atom. The number of rotatable bonds is 6. The van der Waals surface area contributed by atoms with Crippen LogP contribution in [0.3, 0.4) is 0 Å². The van der Waals surface area contributed by atoms with Crippen LogP contribution in [0.1, 0.15) is 45.8 Å². The number of nitrogens with zero attached hydrogens (tertiary/aromatic N) is 1. The van der Waals surface area contributed by atoms with Crippen molar-refractivity contribution in [2.45, 2.75) is 32.6 Å². The minimum absolute atomic E-state index is 0.137. The van der Waals surface area contributed by atoms with Crippen LogP contribution in [0, 0.1) is 37.5 Å². The predicted octanol–water partition coefficient (Wildman–Crippen LogP) is 5.03. The van der Waals surface area contributed by atoms with Crippen LogP contribution < -0.4 is 10.2 Å². The third kappa shape index (κ3) is 4.32. The molecule has 3 aliphatic rings. The molecule has 5 atom stereocenters. The Morgan fingerprint density at radius 2 is 1.59 bits per heavy atom. The number of carbonyl (C=O) groups excluding carboxylic acids is 4. The molecule has 7 heteroatoms. The fourth-order valence-electron chi connectivity index (χ4n) is 6.83. The Morgan fingerprint density at radius 1 is 0.872 bits per heavy atom. The molecule has 0 radical (unpaired) electrons. The number of aryl methyl sites for hydroxylation is 1. The maximum absolute atomic E-state index is 13.5. The molecule has 3 aromatic carbocycles. The molecule has 39 heavy (non-hydrogen) atoms. The highest BCUT2D eigenvalue weighted by Gasteiger charge is 2.64. The molecule has 3 amide bonds. The van der Waals surface area contributed by atoms with Gasteiger partial charge in [-0.2, -0.15) is 0 Å². The number of hydrogen-bond donors (Lipinski definition) is 1. The number of nitrogens with one attached hydrogen (secondary N) is 1. The van der Waals surface area contributed by atoms with Crippen LogP contribution in [0.2, 0.25) is 0 Å². The highest BCUT2D eigenvalue weighted by atomic mass is 16.5. The van der Waals surface area contributed by atoms with Crippen LogP contribution in [-0.4, -0.2) is 30.3 Å². The van der Waals surface area contributed by atoms with Crippen LogP contribution in [0.4, 0.5) is 11.4 Å². The largest absolute Gasteiger partial charge is 0.452 e. The summed E-state index contributed by atoms with van der Waals surface area (Å²) in [5.41, 5.74) is 4.61. The minimum atomic E-state index is -0.655. The summed E-state index contributed by atoms with van der Waals surface area (Å²) in [7, 11) is 0. The van der Waals surface area contributed by atoms with E-state index in [2.05, 4.69) is 17.4 Å². The second-order valence-electron chi connectivity index (χ2n) is 10.9. The molecule has 3 fully saturated rings. The average Bonchev–Trinajstić information content (AvgIpc) is 3.62. The van der Waals surface area contributed by atoms with Gasteiger partial charge >= 0.3 is 5.97 Å². The molecular formula is C32H30N2O5. The maximum atomic E-state index is 13.5. The third-order valence-electron chi connectivity index (χ3n) is 8.82. The molecule has 2 bridgehead atoms. The molecule has 1 aliphatic heterocycles. The van der Waals surface area contributed by atoms with E-state index in [9.17, 15) is 19.2 Å². The lowest BCUT2D eigenvalue weighted by atomic mass is 9.73. The zero-order valence-electron chi connectivity index (χ0n) is 21.9. The lowest BCUT2D eigenvalue weighted by Crippen LogP contribution is -2.33. The summed E-state index contributed by atoms with van der Waals surface area (Å²) in [6, 6.07) is 22.1. The summed E-state index contributed by atoms with van der Waals surface area (Å²) in [5, 5.41) is 2.76. The first-order valence-corrected chi connectivity index (χ1v) is 13.4. The highest BCUT2D eigenvalue weighted by molar-refractivity contribution is 6.22. The number of ether oxygens (including phenoxy) is 1. The van der Waals surface area contributed by atoms with Crippen molar-refractivity contribution in [2.24, 2.45) is 23.7 Å². The quantitative estimate of drug-likeness (QED) is 0.362. The molecule has 0 aromatic heterocycles. The summed E-state index contributed by atoms with van der Waals surface area (Å²) in [6.45, 7) is 3.44. The first-order chi connectivity index (χ1) is 18.8. The predicted molar refractivity (Wildman–Crippen MR) is 146 cm³/mol. The first-order valence-electron chi connectivity index (χ1n) is 13.4. The third-order valence-corrected chi connectivity index (χ3v) is 8.82. The molecular weight excluding hydrogens is 492 g/mol. The molecule has 2 saturated carbocycles. The van der Waals surface area contributed by atoms with E-state index in [1.165, 1.54) is 22.6 Å². The number of hydrogen-bond acceptors (Lipinski definition) is 5. The van der Waals surface area contributed by atoms with E-state index < -0.39 is 18.5 Å². The number of amides is 3.